The normalized spacial score (nSPS) is 14.0. The van der Waals surface area contributed by atoms with Crippen molar-refractivity contribution in [2.75, 3.05) is 9.80 Å². The van der Waals surface area contributed by atoms with Gasteiger partial charge in [-0.05, 0) is 207 Å². The molecule has 0 bridgehead atoms. The summed E-state index contributed by atoms with van der Waals surface area (Å²) in [5.74, 6) is 0. The van der Waals surface area contributed by atoms with Crippen LogP contribution in [-0.4, -0.2) is 0 Å². The molecule has 0 aliphatic heterocycles. The second-order valence-corrected chi connectivity index (χ2v) is 32.2. The van der Waals surface area contributed by atoms with Crippen LogP contribution in [0.2, 0.25) is 0 Å². The van der Waals surface area contributed by atoms with Gasteiger partial charge in [0.25, 0.3) is 0 Å². The van der Waals surface area contributed by atoms with E-state index in [1.165, 1.54) is 123 Å². The Bertz CT molecular complexity index is 4740. The molecule has 4 aliphatic carbocycles. The molecule has 0 saturated heterocycles. The van der Waals surface area contributed by atoms with Crippen LogP contribution in [0, 0.1) is 0 Å². The Morgan fingerprint density at radius 1 is 0.234 bits per heavy atom. The molecule has 0 amide bonds. The van der Waals surface area contributed by atoms with Crippen molar-refractivity contribution in [2.24, 2.45) is 0 Å². The number of hydrogen-bond donors (Lipinski definition) is 0. The summed E-state index contributed by atoms with van der Waals surface area (Å²) in [5.41, 5.74) is 33.2. The quantitative estimate of drug-likeness (QED) is 0.164. The van der Waals surface area contributed by atoms with Gasteiger partial charge in [0, 0.05) is 42.8 Å². The molecular weight excluding hydrogens is 1270 g/mol. The molecule has 4 aliphatic rings. The molecule has 0 N–H and O–H groups in total. The number of fused-ring (bicyclic) bond motifs is 20. The number of benzene rings is 12. The summed E-state index contributed by atoms with van der Waals surface area (Å²) in [5, 5.41) is 0. The van der Waals surface area contributed by atoms with Crippen LogP contribution >= 0.6 is 31.9 Å². The zero-order valence-corrected chi connectivity index (χ0v) is 59.2. The van der Waals surface area contributed by atoms with Gasteiger partial charge in [0.15, 0.2) is 0 Å². The lowest BCUT2D eigenvalue weighted by Crippen LogP contribution is -2.27. The average molecular weight is 1350 g/mol. The molecule has 0 aromatic heterocycles. The monoisotopic (exact) mass is 1350 g/mol. The minimum Gasteiger partial charge on any atom is -0.310 e. The topological polar surface area (TPSA) is 6.48 Å². The van der Waals surface area contributed by atoms with E-state index in [1.807, 2.05) is 0 Å². The number of nitrogens with zero attached hydrogens (tertiary/aromatic N) is 2. The number of halogens is 2. The summed E-state index contributed by atoms with van der Waals surface area (Å²) in [6.07, 6.45) is 0. The fraction of sp³-hybridized carbons (Fsp3) is 0.200. The van der Waals surface area contributed by atoms with Crippen molar-refractivity contribution in [3.63, 3.8) is 0 Å². The number of para-hydroxylation sites is 2. The van der Waals surface area contributed by atoms with E-state index in [0.29, 0.717) is 0 Å². The fourth-order valence-electron chi connectivity index (χ4n) is 15.9. The van der Waals surface area contributed by atoms with Crippen LogP contribution in [0.15, 0.2) is 276 Å². The van der Waals surface area contributed by atoms with Gasteiger partial charge in [-0.25, -0.2) is 0 Å². The summed E-state index contributed by atoms with van der Waals surface area (Å²) in [4.78, 5) is 4.85. The molecule has 464 valence electrons. The first-order valence-corrected chi connectivity index (χ1v) is 34.9. The molecular formula is C90H80Br2N2. The summed E-state index contributed by atoms with van der Waals surface area (Å²) in [7, 11) is 0. The molecule has 0 radical (unpaired) electrons. The Morgan fingerprint density at radius 3 is 0.798 bits per heavy atom. The summed E-state index contributed by atoms with van der Waals surface area (Å²) < 4.78 is 2.13. The maximum atomic E-state index is 3.67. The standard InChI is InChI=1S/C45H39Br2N.C45H41N/c1-43(2,3)28-14-24-34-35-25-15-29(44(4,5)6)27-40(35)45(39(34)26-28)37-11-8-7-10-36(37)42-38(45)12-9-13-41(42)48(32-20-16-30(46)17-21-32)33-22-18-31(47)19-23-33;1-43(2,3)30-24-26-34-35-27-25-31(44(4,5)6)29-40(35)45(39(34)28-30)37-21-14-13-20-36(37)42-38(45)22-15-23-41(42)46(32-16-9-7-10-17-32)33-18-11-8-12-19-33/h7-27H,1-6H3;7-29H,1-6H3. The number of anilines is 6. The Morgan fingerprint density at radius 2 is 0.500 bits per heavy atom. The lowest BCUT2D eigenvalue weighted by molar-refractivity contribution is 0.586. The minimum atomic E-state index is -0.444. The Hall–Kier alpha value is -8.80. The van der Waals surface area contributed by atoms with E-state index in [0.717, 1.165) is 31.7 Å². The third-order valence-electron chi connectivity index (χ3n) is 20.5. The predicted molar refractivity (Wildman–Crippen MR) is 405 cm³/mol. The van der Waals surface area contributed by atoms with Crippen molar-refractivity contribution < 1.29 is 0 Å². The van der Waals surface area contributed by atoms with Crippen molar-refractivity contribution in [3.8, 4) is 44.5 Å². The van der Waals surface area contributed by atoms with E-state index in [2.05, 4.69) is 392 Å². The zero-order chi connectivity index (χ0) is 65.4. The molecule has 0 saturated carbocycles. The molecule has 94 heavy (non-hydrogen) atoms. The smallest absolute Gasteiger partial charge is 0.0726 e. The van der Waals surface area contributed by atoms with Crippen LogP contribution in [0.3, 0.4) is 0 Å². The lowest BCUT2D eigenvalue weighted by Gasteiger charge is -2.33. The molecule has 4 heteroatoms. The Kier molecular flexibility index (Phi) is 14.6. The van der Waals surface area contributed by atoms with Gasteiger partial charge < -0.3 is 9.80 Å². The van der Waals surface area contributed by atoms with Gasteiger partial charge in [-0.15, -0.1) is 0 Å². The maximum Gasteiger partial charge on any atom is 0.0726 e. The molecule has 0 heterocycles. The van der Waals surface area contributed by atoms with Gasteiger partial charge in [0.1, 0.15) is 0 Å². The minimum absolute atomic E-state index is 0.0182. The molecule has 12 aromatic rings. The van der Waals surface area contributed by atoms with Gasteiger partial charge in [0.2, 0.25) is 0 Å². The third-order valence-corrected chi connectivity index (χ3v) is 21.6. The first-order chi connectivity index (χ1) is 45.0. The van der Waals surface area contributed by atoms with Gasteiger partial charge in [0.05, 0.1) is 22.2 Å². The lowest BCUT2D eigenvalue weighted by atomic mass is 9.69. The molecule has 0 unspecified atom stereocenters. The summed E-state index contributed by atoms with van der Waals surface area (Å²) >= 11 is 7.35. The summed E-state index contributed by atoms with van der Waals surface area (Å²) in [6, 6.07) is 100. The van der Waals surface area contributed by atoms with Crippen LogP contribution in [0.4, 0.5) is 34.1 Å². The van der Waals surface area contributed by atoms with Gasteiger partial charge in [-0.2, -0.15) is 0 Å². The van der Waals surface area contributed by atoms with E-state index in [1.54, 1.807) is 0 Å². The Balaban J connectivity index is 0.000000155. The van der Waals surface area contributed by atoms with Crippen LogP contribution < -0.4 is 9.80 Å². The number of rotatable bonds is 6. The van der Waals surface area contributed by atoms with Gasteiger partial charge in [-0.3, -0.25) is 0 Å². The Labute approximate surface area is 574 Å². The van der Waals surface area contributed by atoms with Crippen LogP contribution in [0.1, 0.15) is 150 Å². The van der Waals surface area contributed by atoms with Crippen LogP contribution in [0.5, 0.6) is 0 Å². The van der Waals surface area contributed by atoms with E-state index in [4.69, 9.17) is 0 Å². The molecule has 0 fully saturated rings. The zero-order valence-electron chi connectivity index (χ0n) is 56.1. The average Bonchev–Trinajstić information content (AvgIpc) is 1.51. The SMILES string of the molecule is CC(C)(C)c1ccc2c(c1)C1(c3cc(C(C)(C)C)ccc3-2)c2ccccc2-c2c(N(c3ccc(Br)cc3)c3ccc(Br)cc3)cccc21.CC(C)(C)c1ccc2c(c1)C1(c3cc(C(C)(C)C)ccc3-2)c2ccccc2-c2c(N(c3ccccc3)c3ccccc3)cccc21. The van der Waals surface area contributed by atoms with E-state index in [9.17, 15) is 0 Å². The van der Waals surface area contributed by atoms with Crippen LogP contribution in [0.25, 0.3) is 44.5 Å². The molecule has 16 rings (SSSR count). The number of hydrogen-bond acceptors (Lipinski definition) is 2. The van der Waals surface area contributed by atoms with Gasteiger partial charge >= 0.3 is 0 Å². The molecule has 12 aromatic carbocycles. The first-order valence-electron chi connectivity index (χ1n) is 33.3. The largest absolute Gasteiger partial charge is 0.310 e. The highest BCUT2D eigenvalue weighted by molar-refractivity contribution is 9.10. The van der Waals surface area contributed by atoms with E-state index >= 15 is 0 Å². The molecule has 2 nitrogen and oxygen atoms in total. The van der Waals surface area contributed by atoms with E-state index < -0.39 is 10.8 Å². The van der Waals surface area contributed by atoms with E-state index in [-0.39, 0.29) is 21.7 Å². The second-order valence-electron chi connectivity index (χ2n) is 30.3. The summed E-state index contributed by atoms with van der Waals surface area (Å²) in [6.45, 7) is 27.9. The highest BCUT2D eigenvalue weighted by Crippen LogP contribution is 2.68. The van der Waals surface area contributed by atoms with Crippen molar-refractivity contribution in [1.29, 1.82) is 0 Å². The van der Waals surface area contributed by atoms with Crippen molar-refractivity contribution in [3.05, 3.63) is 343 Å². The van der Waals surface area contributed by atoms with Crippen molar-refractivity contribution in [1.82, 2.24) is 0 Å². The molecule has 2 spiro atoms. The van der Waals surface area contributed by atoms with Crippen molar-refractivity contribution >= 4 is 66.0 Å². The maximum absolute atomic E-state index is 3.67. The highest BCUT2D eigenvalue weighted by atomic mass is 79.9. The van der Waals surface area contributed by atoms with Gasteiger partial charge in [-0.1, -0.05) is 297 Å². The molecule has 0 atom stereocenters. The second kappa shape index (κ2) is 22.4. The van der Waals surface area contributed by atoms with Crippen LogP contribution in [-0.2, 0) is 32.5 Å². The van der Waals surface area contributed by atoms with Crippen molar-refractivity contribution in [2.45, 2.75) is 116 Å². The first kappa shape index (κ1) is 61.4. The third kappa shape index (κ3) is 9.66. The highest BCUT2D eigenvalue weighted by Gasteiger charge is 2.55. The predicted octanol–water partition coefficient (Wildman–Crippen LogP) is 25.7. The fourth-order valence-corrected chi connectivity index (χ4v) is 16.4.